The molecule has 2 aliphatic carbocycles. The first-order valence-corrected chi connectivity index (χ1v) is 8.14. The number of nitrogens with one attached hydrogen (secondary N) is 1. The maximum atomic E-state index is 13.6. The molecule has 4 nitrogen and oxygen atoms in total. The lowest BCUT2D eigenvalue weighted by Gasteiger charge is -2.08. The van der Waals surface area contributed by atoms with Crippen molar-refractivity contribution in [3.05, 3.63) is 77.1 Å². The highest BCUT2D eigenvalue weighted by Gasteiger charge is 2.26. The average molecular weight is 349 g/mol. The van der Waals surface area contributed by atoms with Gasteiger partial charge in [0.1, 0.15) is 5.82 Å². The molecule has 1 atom stereocenters. The molecule has 0 saturated heterocycles. The number of amides is 1. The molecule has 1 aliphatic heterocycles. The molecule has 3 aliphatic rings. The second kappa shape index (κ2) is 6.37. The fourth-order valence-corrected chi connectivity index (χ4v) is 3.28. The highest BCUT2D eigenvalue weighted by atomic mass is 19.1. The van der Waals surface area contributed by atoms with Crippen molar-refractivity contribution in [2.45, 2.75) is 6.29 Å². The zero-order valence-electron chi connectivity index (χ0n) is 14.0. The van der Waals surface area contributed by atoms with Gasteiger partial charge in [-0.05, 0) is 47.0 Å². The highest BCUT2D eigenvalue weighted by Crippen LogP contribution is 2.40. The summed E-state index contributed by atoms with van der Waals surface area (Å²) >= 11 is 0. The molecular formula is C21H16FNO3. The number of aliphatic hydroxyl groups is 1. The summed E-state index contributed by atoms with van der Waals surface area (Å²) < 4.78 is 18.7. The first-order chi connectivity index (χ1) is 12.6. The molecule has 1 aromatic rings. The molecule has 1 heterocycles. The number of ether oxygens (including phenoxy) is 1. The maximum absolute atomic E-state index is 13.6. The second-order valence-electron chi connectivity index (χ2n) is 6.08. The SMILES string of the molecule is COC(O)c1cc(/C=C2\C(=O)Nc3ccc(F)cc32)c2cccccc1-2. The van der Waals surface area contributed by atoms with Gasteiger partial charge in [0.25, 0.3) is 5.91 Å². The lowest BCUT2D eigenvalue weighted by Crippen LogP contribution is -2.03. The van der Waals surface area contributed by atoms with Crippen LogP contribution in [0, 0.1) is 5.82 Å². The van der Waals surface area contributed by atoms with Gasteiger partial charge in [0, 0.05) is 29.5 Å². The van der Waals surface area contributed by atoms with E-state index in [0.717, 1.165) is 16.7 Å². The summed E-state index contributed by atoms with van der Waals surface area (Å²) in [5.41, 5.74) is 4.56. The third-order valence-electron chi connectivity index (χ3n) is 4.52. The van der Waals surface area contributed by atoms with Crippen molar-refractivity contribution in [3.63, 3.8) is 0 Å². The predicted octanol–water partition coefficient (Wildman–Crippen LogP) is 4.06. The zero-order valence-corrected chi connectivity index (χ0v) is 14.0. The second-order valence-corrected chi connectivity index (χ2v) is 6.08. The molecule has 4 rings (SSSR count). The molecule has 1 unspecified atom stereocenters. The normalized spacial score (nSPS) is 16.0. The summed E-state index contributed by atoms with van der Waals surface area (Å²) in [6.07, 6.45) is 0.642. The van der Waals surface area contributed by atoms with Gasteiger partial charge < -0.3 is 15.2 Å². The monoisotopic (exact) mass is 349 g/mol. The molecule has 0 bridgehead atoms. The van der Waals surface area contributed by atoms with E-state index in [1.54, 1.807) is 18.2 Å². The van der Waals surface area contributed by atoms with Gasteiger partial charge >= 0.3 is 0 Å². The minimum Gasteiger partial charge on any atom is -0.364 e. The Hall–Kier alpha value is -3.02. The summed E-state index contributed by atoms with van der Waals surface area (Å²) in [7, 11) is 1.42. The van der Waals surface area contributed by atoms with Crippen LogP contribution in [0.5, 0.6) is 0 Å². The number of carbonyl (C=O) groups is 1. The van der Waals surface area contributed by atoms with E-state index in [1.807, 2.05) is 30.3 Å². The van der Waals surface area contributed by atoms with Crippen LogP contribution in [0.15, 0.2) is 54.6 Å². The van der Waals surface area contributed by atoms with Crippen molar-refractivity contribution >= 4 is 23.2 Å². The number of hydrogen-bond donors (Lipinski definition) is 2. The molecule has 0 fully saturated rings. The zero-order chi connectivity index (χ0) is 18.3. The van der Waals surface area contributed by atoms with Crippen LogP contribution in [-0.2, 0) is 9.53 Å². The number of hydrogen-bond acceptors (Lipinski definition) is 3. The van der Waals surface area contributed by atoms with Crippen LogP contribution in [0.4, 0.5) is 10.1 Å². The Morgan fingerprint density at radius 2 is 1.85 bits per heavy atom. The summed E-state index contributed by atoms with van der Waals surface area (Å²) in [5, 5.41) is 12.9. The Labute approximate surface area is 149 Å². The molecule has 0 aromatic heterocycles. The van der Waals surface area contributed by atoms with E-state index in [2.05, 4.69) is 5.32 Å². The Kier molecular flexibility index (Phi) is 4.03. The summed E-state index contributed by atoms with van der Waals surface area (Å²) in [6, 6.07) is 15.4. The van der Waals surface area contributed by atoms with Crippen molar-refractivity contribution < 1.29 is 19.0 Å². The van der Waals surface area contributed by atoms with E-state index in [1.165, 1.54) is 19.2 Å². The molecule has 130 valence electrons. The van der Waals surface area contributed by atoms with Gasteiger partial charge in [0.05, 0.1) is 0 Å². The van der Waals surface area contributed by atoms with Crippen LogP contribution in [0.2, 0.25) is 0 Å². The van der Waals surface area contributed by atoms with Crippen LogP contribution >= 0.6 is 0 Å². The number of rotatable bonds is 3. The number of anilines is 1. The Morgan fingerprint density at radius 3 is 2.62 bits per heavy atom. The van der Waals surface area contributed by atoms with Gasteiger partial charge in [0.15, 0.2) is 6.29 Å². The topological polar surface area (TPSA) is 58.6 Å². The number of halogens is 1. The average Bonchev–Trinajstić information content (AvgIpc) is 3.00. The predicted molar refractivity (Wildman–Crippen MR) is 97.9 cm³/mol. The van der Waals surface area contributed by atoms with Crippen LogP contribution < -0.4 is 5.32 Å². The third kappa shape index (κ3) is 2.67. The van der Waals surface area contributed by atoms with Gasteiger partial charge in [-0.1, -0.05) is 30.3 Å². The summed E-state index contributed by atoms with van der Waals surface area (Å²) in [6.45, 7) is 0. The third-order valence-corrected chi connectivity index (χ3v) is 4.52. The van der Waals surface area contributed by atoms with Crippen LogP contribution in [0.1, 0.15) is 23.0 Å². The number of benzene rings is 1. The summed E-state index contributed by atoms with van der Waals surface area (Å²) in [4.78, 5) is 12.4. The number of carbonyl (C=O) groups excluding carboxylic acids is 1. The van der Waals surface area contributed by atoms with E-state index in [4.69, 9.17) is 4.74 Å². The van der Waals surface area contributed by atoms with Gasteiger partial charge in [-0.3, -0.25) is 4.79 Å². The van der Waals surface area contributed by atoms with E-state index in [9.17, 15) is 14.3 Å². The number of aliphatic hydroxyl groups excluding tert-OH is 1. The first-order valence-electron chi connectivity index (χ1n) is 8.14. The Bertz CT molecular complexity index is 1010. The van der Waals surface area contributed by atoms with E-state index in [0.29, 0.717) is 22.4 Å². The summed E-state index contributed by atoms with van der Waals surface area (Å²) in [5.74, 6) is -0.686. The lowest BCUT2D eigenvalue weighted by atomic mass is 10.0. The smallest absolute Gasteiger partial charge is 0.256 e. The van der Waals surface area contributed by atoms with E-state index < -0.39 is 12.1 Å². The highest BCUT2D eigenvalue weighted by molar-refractivity contribution is 6.35. The van der Waals surface area contributed by atoms with Gasteiger partial charge in [-0.25, -0.2) is 4.39 Å². The molecular weight excluding hydrogens is 333 g/mol. The Balaban J connectivity index is 1.90. The van der Waals surface area contributed by atoms with Gasteiger partial charge in [0.2, 0.25) is 0 Å². The van der Waals surface area contributed by atoms with Crippen molar-refractivity contribution in [3.8, 4) is 11.1 Å². The minimum atomic E-state index is -1.07. The van der Waals surface area contributed by atoms with Gasteiger partial charge in [-0.2, -0.15) is 0 Å². The molecule has 0 spiro atoms. The van der Waals surface area contributed by atoms with Crippen molar-refractivity contribution in [1.82, 2.24) is 0 Å². The molecule has 0 saturated carbocycles. The molecule has 26 heavy (non-hydrogen) atoms. The van der Waals surface area contributed by atoms with Crippen LogP contribution in [0.3, 0.4) is 0 Å². The minimum absolute atomic E-state index is 0.283. The largest absolute Gasteiger partial charge is 0.364 e. The fourth-order valence-electron chi connectivity index (χ4n) is 3.28. The molecule has 1 aromatic carbocycles. The number of fused-ring (bicyclic) bond motifs is 2. The number of methoxy groups -OCH3 is 1. The molecule has 1 amide bonds. The molecule has 5 heteroatoms. The standard InChI is InChI=1S/C21H16FNO3/c1-26-21(25)18-10-12(14-5-3-2-4-6-15(14)18)9-17-16-11-13(22)7-8-19(16)23-20(17)24/h2-11,21,25H,1H3,(H,23,24)/b17-9-. The van der Waals surface area contributed by atoms with E-state index >= 15 is 0 Å². The molecule has 0 radical (unpaired) electrons. The quantitative estimate of drug-likeness (QED) is 0.554. The fraction of sp³-hybridized carbons (Fsp3) is 0.0952. The molecule has 2 N–H and O–H groups in total. The van der Waals surface area contributed by atoms with E-state index in [-0.39, 0.29) is 5.91 Å². The lowest BCUT2D eigenvalue weighted by molar-refractivity contribution is -0.110. The van der Waals surface area contributed by atoms with Crippen LogP contribution in [0.25, 0.3) is 22.8 Å². The maximum Gasteiger partial charge on any atom is 0.256 e. The van der Waals surface area contributed by atoms with Crippen LogP contribution in [-0.4, -0.2) is 18.1 Å². The van der Waals surface area contributed by atoms with Crippen molar-refractivity contribution in [1.29, 1.82) is 0 Å². The van der Waals surface area contributed by atoms with Gasteiger partial charge in [-0.15, -0.1) is 0 Å². The first kappa shape index (κ1) is 16.4. The Morgan fingerprint density at radius 1 is 1.08 bits per heavy atom. The van der Waals surface area contributed by atoms with Crippen molar-refractivity contribution in [2.24, 2.45) is 0 Å². The van der Waals surface area contributed by atoms with Crippen molar-refractivity contribution in [2.75, 3.05) is 12.4 Å².